The van der Waals surface area contributed by atoms with E-state index in [1.54, 1.807) is 17.6 Å². The van der Waals surface area contributed by atoms with E-state index < -0.39 is 11.0 Å². The van der Waals surface area contributed by atoms with E-state index >= 15 is 0 Å². The Morgan fingerprint density at radius 1 is 1.11 bits per heavy atom. The molecular formula is C23H28N8O2S2. The minimum atomic E-state index is -0.898. The first kappa shape index (κ1) is 22.8. The number of thiophene rings is 1. The molecule has 0 bridgehead atoms. The normalized spacial score (nSPS) is 19.1. The van der Waals surface area contributed by atoms with Crippen molar-refractivity contribution in [3.8, 4) is 11.4 Å². The van der Waals surface area contributed by atoms with Crippen LogP contribution in [-0.2, 0) is 22.3 Å². The van der Waals surface area contributed by atoms with Crippen LogP contribution in [0.4, 0.5) is 11.6 Å². The maximum absolute atomic E-state index is 11.8. The van der Waals surface area contributed by atoms with Gasteiger partial charge in [0.15, 0.2) is 17.5 Å². The van der Waals surface area contributed by atoms with Crippen LogP contribution in [0.1, 0.15) is 4.88 Å². The van der Waals surface area contributed by atoms with E-state index in [2.05, 4.69) is 26.1 Å². The fourth-order valence-electron chi connectivity index (χ4n) is 4.71. The molecule has 12 heteroatoms. The highest BCUT2D eigenvalue weighted by molar-refractivity contribution is 7.81. The van der Waals surface area contributed by atoms with Gasteiger partial charge in [0, 0.05) is 67.9 Å². The average molecular weight is 513 g/mol. The van der Waals surface area contributed by atoms with Gasteiger partial charge in [-0.3, -0.25) is 10.00 Å². The lowest BCUT2D eigenvalue weighted by Crippen LogP contribution is -2.46. The van der Waals surface area contributed by atoms with Crippen LogP contribution in [0.25, 0.3) is 32.5 Å². The van der Waals surface area contributed by atoms with Crippen LogP contribution >= 0.6 is 11.3 Å². The molecule has 0 saturated carbocycles. The summed E-state index contributed by atoms with van der Waals surface area (Å²) in [6.45, 7) is 7.36. The van der Waals surface area contributed by atoms with Gasteiger partial charge in [0.1, 0.15) is 0 Å². The molecular weight excluding hydrogens is 484 g/mol. The summed E-state index contributed by atoms with van der Waals surface area (Å²) >= 11 is 1.77. The third-order valence-electron chi connectivity index (χ3n) is 6.64. The zero-order valence-electron chi connectivity index (χ0n) is 19.6. The third kappa shape index (κ3) is 4.52. The average Bonchev–Trinajstić information content (AvgIpc) is 3.46. The highest BCUT2D eigenvalue weighted by Crippen LogP contribution is 2.35. The number of aromatic amines is 1. The predicted octanol–water partition coefficient (Wildman–Crippen LogP) is 2.06. The number of benzene rings is 1. The van der Waals surface area contributed by atoms with E-state index in [4.69, 9.17) is 20.4 Å². The zero-order chi connectivity index (χ0) is 23.9. The monoisotopic (exact) mass is 512 g/mol. The summed E-state index contributed by atoms with van der Waals surface area (Å²) in [7, 11) is -0.898. The van der Waals surface area contributed by atoms with Gasteiger partial charge in [-0.05, 0) is 18.2 Å². The molecule has 10 nitrogen and oxygen atoms in total. The first-order valence-electron chi connectivity index (χ1n) is 11.7. The van der Waals surface area contributed by atoms with Gasteiger partial charge >= 0.3 is 0 Å². The number of H-pyrrole nitrogens is 1. The molecule has 0 spiro atoms. The van der Waals surface area contributed by atoms with Gasteiger partial charge in [-0.2, -0.15) is 5.10 Å². The smallest absolute Gasteiger partial charge is 0.162 e. The van der Waals surface area contributed by atoms with Crippen LogP contribution in [0.15, 0.2) is 24.3 Å². The molecule has 2 aliphatic heterocycles. The largest absolute Gasteiger partial charge is 0.382 e. The molecule has 184 valence electrons. The Morgan fingerprint density at radius 3 is 2.69 bits per heavy atom. The number of nitrogens with one attached hydrogen (secondary N) is 1. The number of hydrogen-bond donors (Lipinski definition) is 2. The molecule has 4 aromatic rings. The lowest BCUT2D eigenvalue weighted by molar-refractivity contribution is 0.122. The number of anilines is 2. The van der Waals surface area contributed by atoms with Gasteiger partial charge in [0.05, 0.1) is 39.9 Å². The summed E-state index contributed by atoms with van der Waals surface area (Å²) in [5.74, 6) is 2.16. The molecule has 1 unspecified atom stereocenters. The molecule has 5 heterocycles. The van der Waals surface area contributed by atoms with Gasteiger partial charge in [0.2, 0.25) is 0 Å². The first-order valence-corrected chi connectivity index (χ1v) is 14.1. The van der Waals surface area contributed by atoms with Gasteiger partial charge in [-0.15, -0.1) is 11.3 Å². The second kappa shape index (κ2) is 9.43. The van der Waals surface area contributed by atoms with E-state index in [0.29, 0.717) is 24.9 Å². The van der Waals surface area contributed by atoms with E-state index in [1.807, 2.05) is 22.5 Å². The van der Waals surface area contributed by atoms with E-state index in [-0.39, 0.29) is 0 Å². The number of piperazine rings is 1. The summed E-state index contributed by atoms with van der Waals surface area (Å²) in [5.41, 5.74) is 8.71. The minimum Gasteiger partial charge on any atom is -0.382 e. The Labute approximate surface area is 209 Å². The molecule has 2 aliphatic rings. The van der Waals surface area contributed by atoms with Crippen molar-refractivity contribution in [2.24, 2.45) is 0 Å². The van der Waals surface area contributed by atoms with Gasteiger partial charge in [0.25, 0.3) is 0 Å². The molecule has 0 amide bonds. The van der Waals surface area contributed by atoms with Crippen LogP contribution in [-0.4, -0.2) is 92.3 Å². The standard InChI is InChI=1S/C23H28N8O2S2/c1-35(32)31-6-4-29(5-7-31)14-16-13-19-20(34-16)23(30-8-10-33-11-9-30)26-22(25-19)15-2-3-17-18(12-15)27-28-21(17)24/h2-3,12-13H,4-11,14H2,1H3,(H3,24,27,28). The van der Waals surface area contributed by atoms with Crippen LogP contribution in [0, 0.1) is 0 Å². The van der Waals surface area contributed by atoms with Crippen molar-refractivity contribution in [2.45, 2.75) is 6.54 Å². The SMILES string of the molecule is CS(=O)N1CCN(Cc2cc3nc(-c4ccc5c(N)n[nH]c5c4)nc(N4CCOCC4)c3s2)CC1. The Balaban J connectivity index is 1.35. The van der Waals surface area contributed by atoms with Crippen LogP contribution in [0.5, 0.6) is 0 Å². The van der Waals surface area contributed by atoms with E-state index in [9.17, 15) is 4.21 Å². The third-order valence-corrected chi connectivity index (χ3v) is 8.84. The summed E-state index contributed by atoms with van der Waals surface area (Å²) in [5, 5.41) is 8.00. The molecule has 0 radical (unpaired) electrons. The Kier molecular flexibility index (Phi) is 6.14. The van der Waals surface area contributed by atoms with E-state index in [0.717, 1.165) is 78.3 Å². The molecule has 0 aliphatic carbocycles. The highest BCUT2D eigenvalue weighted by Gasteiger charge is 2.23. The number of nitrogen functional groups attached to an aromatic ring is 1. The van der Waals surface area contributed by atoms with Crippen molar-refractivity contribution < 1.29 is 8.95 Å². The number of ether oxygens (including phenoxy) is 1. The maximum Gasteiger partial charge on any atom is 0.162 e. The van der Waals surface area contributed by atoms with Crippen molar-refractivity contribution in [3.05, 3.63) is 29.1 Å². The van der Waals surface area contributed by atoms with Crippen LogP contribution < -0.4 is 10.6 Å². The first-order chi connectivity index (χ1) is 17.0. The number of nitrogens with zero attached hydrogens (tertiary/aromatic N) is 6. The predicted molar refractivity (Wildman–Crippen MR) is 141 cm³/mol. The lowest BCUT2D eigenvalue weighted by Gasteiger charge is -2.32. The van der Waals surface area contributed by atoms with Crippen molar-refractivity contribution in [3.63, 3.8) is 0 Å². The highest BCUT2D eigenvalue weighted by atomic mass is 32.2. The van der Waals surface area contributed by atoms with Gasteiger partial charge < -0.3 is 15.4 Å². The molecule has 6 rings (SSSR count). The Morgan fingerprint density at radius 2 is 1.91 bits per heavy atom. The van der Waals surface area contributed by atoms with Crippen molar-refractivity contribution in [2.75, 3.05) is 69.4 Å². The van der Waals surface area contributed by atoms with E-state index in [1.165, 1.54) is 4.88 Å². The fraction of sp³-hybridized carbons (Fsp3) is 0.435. The second-order valence-electron chi connectivity index (χ2n) is 8.90. The number of hydrogen-bond acceptors (Lipinski definition) is 9. The zero-order valence-corrected chi connectivity index (χ0v) is 21.2. The molecule has 1 atom stereocenters. The summed E-state index contributed by atoms with van der Waals surface area (Å²) < 4.78 is 20.5. The number of aromatic nitrogens is 4. The number of nitrogens with two attached hydrogens (primary N) is 1. The fourth-order valence-corrected chi connectivity index (χ4v) is 6.54. The maximum atomic E-state index is 11.8. The Hall–Kier alpha value is -2.64. The summed E-state index contributed by atoms with van der Waals surface area (Å²) in [4.78, 5) is 16.0. The lowest BCUT2D eigenvalue weighted by atomic mass is 10.1. The molecule has 35 heavy (non-hydrogen) atoms. The van der Waals surface area contributed by atoms with Gasteiger partial charge in [-0.1, -0.05) is 6.07 Å². The second-order valence-corrected chi connectivity index (χ2v) is 11.4. The molecule has 2 fully saturated rings. The van der Waals surface area contributed by atoms with Crippen molar-refractivity contribution in [1.29, 1.82) is 0 Å². The minimum absolute atomic E-state index is 0.491. The number of rotatable bonds is 5. The summed E-state index contributed by atoms with van der Waals surface area (Å²) in [6, 6.07) is 8.18. The summed E-state index contributed by atoms with van der Waals surface area (Å²) in [6.07, 6.45) is 1.75. The number of fused-ring (bicyclic) bond motifs is 2. The molecule has 3 N–H and O–H groups in total. The Bertz CT molecular complexity index is 1390. The molecule has 2 saturated heterocycles. The van der Waals surface area contributed by atoms with Crippen LogP contribution in [0.3, 0.4) is 0 Å². The van der Waals surface area contributed by atoms with Crippen molar-refractivity contribution in [1.82, 2.24) is 29.4 Å². The molecule has 1 aromatic carbocycles. The van der Waals surface area contributed by atoms with Crippen LogP contribution in [0.2, 0.25) is 0 Å². The quantitative estimate of drug-likeness (QED) is 0.417. The number of morpholine rings is 1. The molecule has 3 aromatic heterocycles. The van der Waals surface area contributed by atoms with Crippen molar-refractivity contribution >= 4 is 55.1 Å². The topological polar surface area (TPSA) is 117 Å². The van der Waals surface area contributed by atoms with Gasteiger partial charge in [-0.25, -0.2) is 18.5 Å².